The van der Waals surface area contributed by atoms with Crippen LogP contribution in [-0.2, 0) is 4.79 Å². The third-order valence-corrected chi connectivity index (χ3v) is 5.66. The van der Waals surface area contributed by atoms with Crippen molar-refractivity contribution in [2.75, 3.05) is 0 Å². The van der Waals surface area contributed by atoms with Crippen LogP contribution in [0.1, 0.15) is 52.9 Å². The van der Waals surface area contributed by atoms with E-state index in [2.05, 4.69) is 13.8 Å². The Labute approximate surface area is 109 Å². The predicted octanol–water partition coefficient (Wildman–Crippen LogP) is 2.21. The molecule has 3 atom stereocenters. The van der Waals surface area contributed by atoms with Crippen molar-refractivity contribution < 1.29 is 15.0 Å². The molecule has 2 N–H and O–H groups in total. The predicted molar refractivity (Wildman–Crippen MR) is 70.1 cm³/mol. The Bertz CT molecular complexity index is 381. The molecule has 0 saturated heterocycles. The lowest BCUT2D eigenvalue weighted by molar-refractivity contribution is -0.224. The standard InChI is InChI=1S/C15H24O3/c1-13(2)7-6-12(17)14(3,18)15(13)8-4-11(10-16)5-9-15/h4,10,12,17-18H,5-9H2,1-3H3/t12-,14-,15+/m0/s1. The van der Waals surface area contributed by atoms with E-state index in [9.17, 15) is 15.0 Å². The monoisotopic (exact) mass is 252 g/mol. The molecule has 0 aromatic carbocycles. The van der Waals surface area contributed by atoms with E-state index >= 15 is 0 Å². The highest BCUT2D eigenvalue weighted by molar-refractivity contribution is 5.73. The lowest BCUT2D eigenvalue weighted by Crippen LogP contribution is -2.64. The van der Waals surface area contributed by atoms with E-state index in [-0.39, 0.29) is 10.8 Å². The number of carbonyl (C=O) groups excluding carboxylic acids is 1. The Morgan fingerprint density at radius 3 is 2.50 bits per heavy atom. The molecule has 2 aliphatic carbocycles. The van der Waals surface area contributed by atoms with Crippen molar-refractivity contribution >= 4 is 6.29 Å². The first kappa shape index (κ1) is 13.8. The van der Waals surface area contributed by atoms with Crippen LogP contribution < -0.4 is 0 Å². The van der Waals surface area contributed by atoms with Gasteiger partial charge in [0.15, 0.2) is 0 Å². The second kappa shape index (κ2) is 4.17. The van der Waals surface area contributed by atoms with Gasteiger partial charge in [-0.15, -0.1) is 0 Å². The van der Waals surface area contributed by atoms with Gasteiger partial charge in [0.1, 0.15) is 6.29 Å². The molecule has 2 rings (SSSR count). The van der Waals surface area contributed by atoms with Crippen molar-refractivity contribution in [1.29, 1.82) is 0 Å². The number of aldehydes is 1. The highest BCUT2D eigenvalue weighted by Crippen LogP contribution is 2.61. The maximum atomic E-state index is 10.8. The minimum atomic E-state index is -1.08. The fourth-order valence-corrected chi connectivity index (χ4v) is 4.07. The highest BCUT2D eigenvalue weighted by atomic mass is 16.3. The summed E-state index contributed by atoms with van der Waals surface area (Å²) in [5.74, 6) is 0. The zero-order valence-electron chi connectivity index (χ0n) is 11.6. The molecule has 18 heavy (non-hydrogen) atoms. The van der Waals surface area contributed by atoms with Gasteiger partial charge in [-0.05, 0) is 50.0 Å². The molecule has 1 saturated carbocycles. The fraction of sp³-hybridized carbons (Fsp3) is 0.800. The van der Waals surface area contributed by atoms with Gasteiger partial charge in [-0.25, -0.2) is 0 Å². The fourth-order valence-electron chi connectivity index (χ4n) is 4.07. The number of hydrogen-bond acceptors (Lipinski definition) is 3. The van der Waals surface area contributed by atoms with Crippen LogP contribution in [0.5, 0.6) is 0 Å². The summed E-state index contributed by atoms with van der Waals surface area (Å²) in [5, 5.41) is 21.0. The molecule has 0 amide bonds. The summed E-state index contributed by atoms with van der Waals surface area (Å²) in [7, 11) is 0. The summed E-state index contributed by atoms with van der Waals surface area (Å²) in [4.78, 5) is 10.8. The number of allylic oxidation sites excluding steroid dienone is 2. The van der Waals surface area contributed by atoms with Crippen LogP contribution in [0, 0.1) is 10.8 Å². The highest BCUT2D eigenvalue weighted by Gasteiger charge is 2.61. The van der Waals surface area contributed by atoms with E-state index in [1.807, 2.05) is 6.08 Å². The zero-order chi connectivity index (χ0) is 13.6. The van der Waals surface area contributed by atoms with Gasteiger partial charge in [-0.3, -0.25) is 4.79 Å². The second-order valence-electron chi connectivity index (χ2n) is 6.77. The molecule has 1 fully saturated rings. The quantitative estimate of drug-likeness (QED) is 0.703. The van der Waals surface area contributed by atoms with Crippen LogP contribution in [0.2, 0.25) is 0 Å². The smallest absolute Gasteiger partial charge is 0.145 e. The molecule has 1 spiro atoms. The van der Waals surface area contributed by atoms with E-state index in [1.54, 1.807) is 6.92 Å². The SMILES string of the molecule is CC1(C)CC[C@H](O)[C@](C)(O)[C@@]12CC=C(C=O)CC2. The van der Waals surface area contributed by atoms with Gasteiger partial charge in [0.25, 0.3) is 0 Å². The van der Waals surface area contributed by atoms with Gasteiger partial charge in [0.2, 0.25) is 0 Å². The Hall–Kier alpha value is -0.670. The van der Waals surface area contributed by atoms with Gasteiger partial charge in [0, 0.05) is 5.41 Å². The summed E-state index contributed by atoms with van der Waals surface area (Å²) >= 11 is 0. The zero-order valence-corrected chi connectivity index (χ0v) is 11.6. The molecular weight excluding hydrogens is 228 g/mol. The molecule has 0 unspecified atom stereocenters. The lowest BCUT2D eigenvalue weighted by Gasteiger charge is -2.61. The number of aliphatic hydroxyl groups excluding tert-OH is 1. The molecule has 2 aliphatic rings. The molecule has 0 aromatic heterocycles. The number of rotatable bonds is 1. The van der Waals surface area contributed by atoms with Gasteiger partial charge >= 0.3 is 0 Å². The molecular formula is C15H24O3. The molecule has 3 heteroatoms. The van der Waals surface area contributed by atoms with Crippen molar-refractivity contribution in [1.82, 2.24) is 0 Å². The lowest BCUT2D eigenvalue weighted by atomic mass is 9.46. The molecule has 0 aliphatic heterocycles. The summed E-state index contributed by atoms with van der Waals surface area (Å²) in [6, 6.07) is 0. The number of hydrogen-bond donors (Lipinski definition) is 2. The molecule has 0 radical (unpaired) electrons. The Morgan fingerprint density at radius 1 is 1.33 bits per heavy atom. The minimum absolute atomic E-state index is 0.0271. The van der Waals surface area contributed by atoms with Gasteiger partial charge in [0.05, 0.1) is 11.7 Å². The van der Waals surface area contributed by atoms with Crippen molar-refractivity contribution in [3.8, 4) is 0 Å². The molecule has 0 heterocycles. The van der Waals surface area contributed by atoms with Gasteiger partial charge in [-0.2, -0.15) is 0 Å². The molecule has 3 nitrogen and oxygen atoms in total. The first-order valence-electron chi connectivity index (χ1n) is 6.81. The van der Waals surface area contributed by atoms with Crippen LogP contribution in [0.3, 0.4) is 0 Å². The second-order valence-corrected chi connectivity index (χ2v) is 6.77. The Kier molecular flexibility index (Phi) is 3.19. The topological polar surface area (TPSA) is 57.5 Å². The molecule has 102 valence electrons. The average Bonchev–Trinajstić information content (AvgIpc) is 2.34. The summed E-state index contributed by atoms with van der Waals surface area (Å²) in [6.45, 7) is 6.11. The first-order valence-corrected chi connectivity index (χ1v) is 6.81. The third kappa shape index (κ3) is 1.68. The van der Waals surface area contributed by atoms with Crippen LogP contribution in [0.4, 0.5) is 0 Å². The third-order valence-electron chi connectivity index (χ3n) is 5.66. The summed E-state index contributed by atoms with van der Waals surface area (Å²) < 4.78 is 0. The van der Waals surface area contributed by atoms with Crippen molar-refractivity contribution in [2.45, 2.75) is 64.6 Å². The van der Waals surface area contributed by atoms with Gasteiger partial charge in [-0.1, -0.05) is 19.9 Å². The molecule has 0 bridgehead atoms. The Morgan fingerprint density at radius 2 is 2.00 bits per heavy atom. The van der Waals surface area contributed by atoms with Crippen LogP contribution >= 0.6 is 0 Å². The van der Waals surface area contributed by atoms with E-state index in [0.29, 0.717) is 19.3 Å². The van der Waals surface area contributed by atoms with Crippen LogP contribution in [-0.4, -0.2) is 28.2 Å². The van der Waals surface area contributed by atoms with Crippen LogP contribution in [0.25, 0.3) is 0 Å². The number of carbonyl (C=O) groups is 1. The summed E-state index contributed by atoms with van der Waals surface area (Å²) in [6.07, 6.45) is 5.90. The van der Waals surface area contributed by atoms with Crippen molar-refractivity contribution in [2.24, 2.45) is 10.8 Å². The van der Waals surface area contributed by atoms with Crippen molar-refractivity contribution in [3.63, 3.8) is 0 Å². The first-order chi connectivity index (χ1) is 8.27. The average molecular weight is 252 g/mol. The van der Waals surface area contributed by atoms with Gasteiger partial charge < -0.3 is 10.2 Å². The maximum absolute atomic E-state index is 10.8. The van der Waals surface area contributed by atoms with Crippen molar-refractivity contribution in [3.05, 3.63) is 11.6 Å². The van der Waals surface area contributed by atoms with E-state index in [1.165, 1.54) is 0 Å². The number of aliphatic hydroxyl groups is 2. The van der Waals surface area contributed by atoms with Crippen LogP contribution in [0.15, 0.2) is 11.6 Å². The maximum Gasteiger partial charge on any atom is 0.145 e. The largest absolute Gasteiger partial charge is 0.390 e. The molecule has 0 aromatic rings. The van der Waals surface area contributed by atoms with E-state index in [4.69, 9.17) is 0 Å². The van der Waals surface area contributed by atoms with E-state index < -0.39 is 11.7 Å². The Balaban J connectivity index is 2.43. The normalized spacial score (nSPS) is 43.6. The van der Waals surface area contributed by atoms with E-state index in [0.717, 1.165) is 24.7 Å². The minimum Gasteiger partial charge on any atom is -0.390 e. The summed E-state index contributed by atoms with van der Waals surface area (Å²) in [5.41, 5.74) is -0.614.